The van der Waals surface area contributed by atoms with Crippen molar-refractivity contribution in [3.63, 3.8) is 0 Å². The molecule has 3 nitrogen and oxygen atoms in total. The van der Waals surface area contributed by atoms with Crippen LogP contribution < -0.4 is 5.32 Å². The minimum atomic E-state index is 0.303. The molecule has 1 unspecified atom stereocenters. The molecule has 0 spiro atoms. The summed E-state index contributed by atoms with van der Waals surface area (Å²) in [5.74, 6) is 0. The number of nitrogens with zero attached hydrogens (tertiary/aromatic N) is 1. The number of hydrogen-bond acceptors (Lipinski definition) is 3. The molecule has 2 aromatic rings. The molecule has 0 bridgehead atoms. The fourth-order valence-corrected chi connectivity index (χ4v) is 1.41. The molecule has 0 amide bonds. The highest BCUT2D eigenvalue weighted by atomic mass is 16.3. The third-order valence-electron chi connectivity index (χ3n) is 2.40. The SMILES string of the molecule is CC(NCc1ccncc1)c1ccoc1. The molecule has 2 aromatic heterocycles. The summed E-state index contributed by atoms with van der Waals surface area (Å²) in [6, 6.07) is 6.30. The van der Waals surface area contributed by atoms with E-state index < -0.39 is 0 Å². The van der Waals surface area contributed by atoms with Gasteiger partial charge in [-0.15, -0.1) is 0 Å². The van der Waals surface area contributed by atoms with Crippen LogP contribution in [0, 0.1) is 0 Å². The fourth-order valence-electron chi connectivity index (χ4n) is 1.41. The highest BCUT2D eigenvalue weighted by molar-refractivity contribution is 5.13. The van der Waals surface area contributed by atoms with Gasteiger partial charge in [0.25, 0.3) is 0 Å². The first kappa shape index (κ1) is 9.93. The van der Waals surface area contributed by atoms with Crippen LogP contribution in [0.25, 0.3) is 0 Å². The zero-order chi connectivity index (χ0) is 10.5. The van der Waals surface area contributed by atoms with Gasteiger partial charge in [0.2, 0.25) is 0 Å². The van der Waals surface area contributed by atoms with Crippen LogP contribution >= 0.6 is 0 Å². The molecule has 1 atom stereocenters. The average Bonchev–Trinajstić information content (AvgIpc) is 2.81. The highest BCUT2D eigenvalue weighted by Crippen LogP contribution is 2.12. The van der Waals surface area contributed by atoms with Gasteiger partial charge < -0.3 is 9.73 Å². The first-order valence-electron chi connectivity index (χ1n) is 5.00. The van der Waals surface area contributed by atoms with Gasteiger partial charge in [-0.25, -0.2) is 0 Å². The lowest BCUT2D eigenvalue weighted by molar-refractivity contribution is 0.538. The van der Waals surface area contributed by atoms with Crippen molar-refractivity contribution >= 4 is 0 Å². The van der Waals surface area contributed by atoms with E-state index in [1.165, 1.54) is 11.1 Å². The standard InChI is InChI=1S/C12H14N2O/c1-10(12-4-7-15-9-12)14-8-11-2-5-13-6-3-11/h2-7,9-10,14H,8H2,1H3. The summed E-state index contributed by atoms with van der Waals surface area (Å²) in [5.41, 5.74) is 2.41. The number of nitrogens with one attached hydrogen (secondary N) is 1. The Labute approximate surface area is 89.1 Å². The molecule has 0 aliphatic heterocycles. The van der Waals surface area contributed by atoms with Crippen LogP contribution in [0.1, 0.15) is 24.1 Å². The van der Waals surface area contributed by atoms with Gasteiger partial charge >= 0.3 is 0 Å². The predicted molar refractivity (Wildman–Crippen MR) is 58.2 cm³/mol. The third kappa shape index (κ3) is 2.67. The largest absolute Gasteiger partial charge is 0.472 e. The first-order chi connectivity index (χ1) is 7.36. The van der Waals surface area contributed by atoms with Crippen molar-refractivity contribution in [2.45, 2.75) is 19.5 Å². The van der Waals surface area contributed by atoms with Gasteiger partial charge in [-0.2, -0.15) is 0 Å². The average molecular weight is 202 g/mol. The quantitative estimate of drug-likeness (QED) is 0.827. The van der Waals surface area contributed by atoms with Crippen LogP contribution in [-0.2, 0) is 6.54 Å². The molecule has 0 radical (unpaired) electrons. The van der Waals surface area contributed by atoms with Gasteiger partial charge in [-0.05, 0) is 30.7 Å². The number of furan rings is 1. The molecule has 0 aromatic carbocycles. The van der Waals surface area contributed by atoms with Crippen molar-refractivity contribution in [3.05, 3.63) is 54.2 Å². The molecule has 0 fully saturated rings. The Balaban J connectivity index is 1.89. The lowest BCUT2D eigenvalue weighted by atomic mass is 10.1. The minimum Gasteiger partial charge on any atom is -0.472 e. The number of pyridine rings is 1. The van der Waals surface area contributed by atoms with Crippen LogP contribution in [-0.4, -0.2) is 4.98 Å². The maximum absolute atomic E-state index is 5.04. The molecule has 1 N–H and O–H groups in total. The first-order valence-corrected chi connectivity index (χ1v) is 5.00. The minimum absolute atomic E-state index is 0.303. The van der Waals surface area contributed by atoms with Gasteiger partial charge in [0, 0.05) is 30.5 Å². The summed E-state index contributed by atoms with van der Waals surface area (Å²) < 4.78 is 5.04. The number of rotatable bonds is 4. The van der Waals surface area contributed by atoms with Gasteiger partial charge in [-0.1, -0.05) is 0 Å². The van der Waals surface area contributed by atoms with Gasteiger partial charge in [0.1, 0.15) is 0 Å². The van der Waals surface area contributed by atoms with Crippen molar-refractivity contribution in [1.29, 1.82) is 0 Å². The van der Waals surface area contributed by atoms with E-state index in [1.807, 2.05) is 18.2 Å². The Morgan fingerprint density at radius 3 is 2.80 bits per heavy atom. The van der Waals surface area contributed by atoms with Crippen LogP contribution in [0.4, 0.5) is 0 Å². The van der Waals surface area contributed by atoms with Crippen molar-refractivity contribution in [2.24, 2.45) is 0 Å². The van der Waals surface area contributed by atoms with E-state index in [4.69, 9.17) is 4.42 Å². The molecule has 2 heterocycles. The van der Waals surface area contributed by atoms with E-state index >= 15 is 0 Å². The van der Waals surface area contributed by atoms with Crippen LogP contribution in [0.15, 0.2) is 47.5 Å². The van der Waals surface area contributed by atoms with Crippen molar-refractivity contribution in [2.75, 3.05) is 0 Å². The Hall–Kier alpha value is -1.61. The molecule has 0 aliphatic rings. The summed E-state index contributed by atoms with van der Waals surface area (Å²) in [4.78, 5) is 3.98. The third-order valence-corrected chi connectivity index (χ3v) is 2.40. The Morgan fingerprint density at radius 1 is 1.33 bits per heavy atom. The predicted octanol–water partition coefficient (Wildman–Crippen LogP) is 2.53. The van der Waals surface area contributed by atoms with Gasteiger partial charge in [-0.3, -0.25) is 4.98 Å². The monoisotopic (exact) mass is 202 g/mol. The van der Waals surface area contributed by atoms with E-state index in [0.29, 0.717) is 6.04 Å². The molecule has 78 valence electrons. The zero-order valence-electron chi connectivity index (χ0n) is 8.68. The van der Waals surface area contributed by atoms with Crippen LogP contribution in [0.2, 0.25) is 0 Å². The summed E-state index contributed by atoms with van der Waals surface area (Å²) >= 11 is 0. The van der Waals surface area contributed by atoms with Crippen LogP contribution in [0.3, 0.4) is 0 Å². The fraction of sp³-hybridized carbons (Fsp3) is 0.250. The molecule has 2 rings (SSSR count). The molecule has 0 saturated heterocycles. The topological polar surface area (TPSA) is 38.1 Å². The molecule has 0 saturated carbocycles. The molecule has 3 heteroatoms. The zero-order valence-corrected chi connectivity index (χ0v) is 8.68. The Bertz CT molecular complexity index is 383. The lowest BCUT2D eigenvalue weighted by Gasteiger charge is -2.11. The second-order valence-electron chi connectivity index (χ2n) is 3.51. The lowest BCUT2D eigenvalue weighted by Crippen LogP contribution is -2.17. The maximum atomic E-state index is 5.04. The summed E-state index contributed by atoms with van der Waals surface area (Å²) in [6.07, 6.45) is 7.07. The second-order valence-corrected chi connectivity index (χ2v) is 3.51. The van der Waals surface area contributed by atoms with E-state index in [0.717, 1.165) is 6.54 Å². The second kappa shape index (κ2) is 4.75. The van der Waals surface area contributed by atoms with Gasteiger partial charge in [0.05, 0.1) is 12.5 Å². The maximum Gasteiger partial charge on any atom is 0.0950 e. The van der Waals surface area contributed by atoms with E-state index in [1.54, 1.807) is 24.9 Å². The van der Waals surface area contributed by atoms with Gasteiger partial charge in [0.15, 0.2) is 0 Å². The van der Waals surface area contributed by atoms with Crippen LogP contribution in [0.5, 0.6) is 0 Å². The summed E-state index contributed by atoms with van der Waals surface area (Å²) in [5, 5.41) is 3.41. The van der Waals surface area contributed by atoms with E-state index in [-0.39, 0.29) is 0 Å². The molecular formula is C12H14N2O. The Morgan fingerprint density at radius 2 is 2.13 bits per heavy atom. The summed E-state index contributed by atoms with van der Waals surface area (Å²) in [6.45, 7) is 2.96. The highest BCUT2D eigenvalue weighted by Gasteiger charge is 2.05. The van der Waals surface area contributed by atoms with E-state index in [9.17, 15) is 0 Å². The van der Waals surface area contributed by atoms with E-state index in [2.05, 4.69) is 17.2 Å². The Kier molecular flexibility index (Phi) is 3.15. The number of hydrogen-bond donors (Lipinski definition) is 1. The molecule has 0 aliphatic carbocycles. The summed E-state index contributed by atoms with van der Waals surface area (Å²) in [7, 11) is 0. The van der Waals surface area contributed by atoms with Crippen molar-refractivity contribution in [3.8, 4) is 0 Å². The smallest absolute Gasteiger partial charge is 0.0950 e. The van der Waals surface area contributed by atoms with Crippen molar-refractivity contribution < 1.29 is 4.42 Å². The normalized spacial score (nSPS) is 12.6. The van der Waals surface area contributed by atoms with Crippen molar-refractivity contribution in [1.82, 2.24) is 10.3 Å². The molecule has 15 heavy (non-hydrogen) atoms. The molecular weight excluding hydrogens is 188 g/mol. The number of aromatic nitrogens is 1.